The third kappa shape index (κ3) is 4.70. The minimum absolute atomic E-state index is 0.161. The number of fused-ring (bicyclic) bond motifs is 1. The molecular weight excluding hydrogens is 480 g/mol. The van der Waals surface area contributed by atoms with Crippen LogP contribution in [0.15, 0.2) is 59.2 Å². The van der Waals surface area contributed by atoms with Crippen molar-refractivity contribution in [3.63, 3.8) is 0 Å². The van der Waals surface area contributed by atoms with E-state index in [1.165, 1.54) is 11.3 Å². The molecular formula is C23H19BrN2O4S. The summed E-state index contributed by atoms with van der Waals surface area (Å²) in [7, 11) is 0. The zero-order valence-corrected chi connectivity index (χ0v) is 19.1. The van der Waals surface area contributed by atoms with E-state index in [2.05, 4.69) is 20.9 Å². The van der Waals surface area contributed by atoms with E-state index in [1.54, 1.807) is 17.5 Å². The molecule has 0 atom stereocenters. The monoisotopic (exact) mass is 498 g/mol. The second-order valence-corrected chi connectivity index (χ2v) is 8.66. The number of imidazole rings is 1. The second-order valence-electron chi connectivity index (χ2n) is 6.71. The molecule has 2 aromatic heterocycles. The van der Waals surface area contributed by atoms with E-state index in [-0.39, 0.29) is 12.4 Å². The summed E-state index contributed by atoms with van der Waals surface area (Å²) >= 11 is 4.92. The number of esters is 1. The Labute approximate surface area is 191 Å². The van der Waals surface area contributed by atoms with Gasteiger partial charge in [0.2, 0.25) is 0 Å². The highest BCUT2D eigenvalue weighted by Crippen LogP contribution is 2.33. The third-order valence-electron chi connectivity index (χ3n) is 4.59. The van der Waals surface area contributed by atoms with E-state index in [9.17, 15) is 9.59 Å². The van der Waals surface area contributed by atoms with Crippen LogP contribution in [-0.2, 0) is 22.6 Å². The third-order valence-corrected chi connectivity index (χ3v) is 6.19. The van der Waals surface area contributed by atoms with Gasteiger partial charge in [-0.05, 0) is 46.6 Å². The molecule has 0 radical (unpaired) electrons. The highest BCUT2D eigenvalue weighted by Gasteiger charge is 2.18. The molecule has 0 aliphatic carbocycles. The quantitative estimate of drug-likeness (QED) is 0.242. The Bertz CT molecular complexity index is 1230. The molecule has 4 rings (SSSR count). The van der Waals surface area contributed by atoms with Gasteiger partial charge >= 0.3 is 5.97 Å². The fraction of sp³-hybridized carbons (Fsp3) is 0.174. The summed E-state index contributed by atoms with van der Waals surface area (Å²) in [5.74, 6) is 0.410. The zero-order chi connectivity index (χ0) is 21.8. The Morgan fingerprint density at radius 3 is 2.74 bits per heavy atom. The van der Waals surface area contributed by atoms with Crippen molar-refractivity contribution in [3.8, 4) is 17.0 Å². The van der Waals surface area contributed by atoms with Gasteiger partial charge in [-0.25, -0.2) is 4.98 Å². The van der Waals surface area contributed by atoms with Gasteiger partial charge in [-0.3, -0.25) is 14.0 Å². The molecule has 0 bridgehead atoms. The van der Waals surface area contributed by atoms with Crippen LogP contribution in [0.25, 0.3) is 16.2 Å². The number of aromatic nitrogens is 2. The summed E-state index contributed by atoms with van der Waals surface area (Å²) in [6.07, 6.45) is 2.71. The van der Waals surface area contributed by atoms with E-state index in [0.29, 0.717) is 35.3 Å². The van der Waals surface area contributed by atoms with Gasteiger partial charge in [-0.2, -0.15) is 0 Å². The van der Waals surface area contributed by atoms with Crippen LogP contribution in [0.1, 0.15) is 27.9 Å². The van der Waals surface area contributed by atoms with Gasteiger partial charge in [0.1, 0.15) is 23.7 Å². The molecule has 0 saturated heterocycles. The summed E-state index contributed by atoms with van der Waals surface area (Å²) in [4.78, 5) is 29.6. The van der Waals surface area contributed by atoms with E-state index in [1.807, 2.05) is 48.5 Å². The maximum absolute atomic E-state index is 11.8. The highest BCUT2D eigenvalue weighted by molar-refractivity contribution is 9.10. The van der Waals surface area contributed by atoms with Gasteiger partial charge in [-0.1, -0.05) is 30.3 Å². The van der Waals surface area contributed by atoms with Gasteiger partial charge in [0.15, 0.2) is 11.2 Å². The number of carbonyl (C=O) groups excluding carboxylic acids is 2. The van der Waals surface area contributed by atoms with Crippen LogP contribution in [0.4, 0.5) is 0 Å². The first kappa shape index (κ1) is 21.3. The molecule has 0 spiro atoms. The molecule has 0 N–H and O–H groups in total. The van der Waals surface area contributed by atoms with Crippen molar-refractivity contribution in [2.45, 2.75) is 20.0 Å². The normalized spacial score (nSPS) is 10.9. The Hall–Kier alpha value is -2.97. The molecule has 0 aliphatic rings. The van der Waals surface area contributed by atoms with E-state index >= 15 is 0 Å². The predicted molar refractivity (Wildman–Crippen MR) is 123 cm³/mol. The lowest BCUT2D eigenvalue weighted by atomic mass is 10.1. The number of hydrogen-bond donors (Lipinski definition) is 0. The highest BCUT2D eigenvalue weighted by atomic mass is 79.9. The fourth-order valence-electron chi connectivity index (χ4n) is 3.17. The SMILES string of the molecule is CCOC(=O)Cc1cn2c(C=O)c(-c3ccc(OCc4ccccc4)c(Br)c3)nc2s1. The molecule has 158 valence electrons. The lowest BCUT2D eigenvalue weighted by Crippen LogP contribution is -2.06. The first-order chi connectivity index (χ1) is 15.1. The van der Waals surface area contributed by atoms with Gasteiger partial charge in [0, 0.05) is 16.6 Å². The standard InChI is InChI=1S/C23H19BrN2O4S/c1-2-29-21(28)11-17-12-26-19(13-27)22(25-23(26)31-17)16-8-9-20(18(24)10-16)30-14-15-6-4-3-5-7-15/h3-10,12-13H,2,11,14H2,1H3. The number of benzene rings is 2. The lowest BCUT2D eigenvalue weighted by molar-refractivity contribution is -0.142. The molecule has 2 aromatic carbocycles. The largest absolute Gasteiger partial charge is 0.488 e. The molecule has 0 fully saturated rings. The van der Waals surface area contributed by atoms with E-state index < -0.39 is 0 Å². The van der Waals surface area contributed by atoms with Crippen molar-refractivity contribution < 1.29 is 19.1 Å². The number of thiazole rings is 1. The summed E-state index contributed by atoms with van der Waals surface area (Å²) in [5, 5.41) is 0. The Kier molecular flexibility index (Phi) is 6.48. The Morgan fingerprint density at radius 2 is 2.03 bits per heavy atom. The number of rotatable bonds is 8. The van der Waals surface area contributed by atoms with Crippen molar-refractivity contribution in [1.82, 2.24) is 9.38 Å². The topological polar surface area (TPSA) is 69.9 Å². The smallest absolute Gasteiger partial charge is 0.311 e. The van der Waals surface area contributed by atoms with Crippen LogP contribution in [0.3, 0.4) is 0 Å². The van der Waals surface area contributed by atoms with Gasteiger partial charge < -0.3 is 9.47 Å². The van der Waals surface area contributed by atoms with Gasteiger partial charge in [0.25, 0.3) is 0 Å². The van der Waals surface area contributed by atoms with Gasteiger partial charge in [0.05, 0.1) is 17.5 Å². The zero-order valence-electron chi connectivity index (χ0n) is 16.7. The second kappa shape index (κ2) is 9.45. The Balaban J connectivity index is 1.57. The summed E-state index contributed by atoms with van der Waals surface area (Å²) in [6.45, 7) is 2.57. The van der Waals surface area contributed by atoms with Crippen molar-refractivity contribution in [1.29, 1.82) is 0 Å². The molecule has 0 amide bonds. The van der Waals surface area contributed by atoms with Crippen LogP contribution in [0.2, 0.25) is 0 Å². The van der Waals surface area contributed by atoms with Crippen LogP contribution in [-0.4, -0.2) is 28.2 Å². The van der Waals surface area contributed by atoms with Crippen molar-refractivity contribution in [2.75, 3.05) is 6.61 Å². The fourth-order valence-corrected chi connectivity index (χ4v) is 4.63. The average Bonchev–Trinajstić information content (AvgIpc) is 3.30. The minimum Gasteiger partial charge on any atom is -0.488 e. The molecule has 0 aliphatic heterocycles. The minimum atomic E-state index is -0.296. The lowest BCUT2D eigenvalue weighted by Gasteiger charge is -2.09. The molecule has 0 unspecified atom stereocenters. The first-order valence-electron chi connectivity index (χ1n) is 9.67. The molecule has 6 nitrogen and oxygen atoms in total. The predicted octanol–water partition coefficient (Wildman–Crippen LogP) is 5.32. The van der Waals surface area contributed by atoms with Crippen molar-refractivity contribution in [3.05, 3.63) is 75.3 Å². The number of halogens is 1. The van der Waals surface area contributed by atoms with Crippen LogP contribution in [0, 0.1) is 0 Å². The summed E-state index contributed by atoms with van der Waals surface area (Å²) in [5.41, 5.74) is 2.89. The molecule has 31 heavy (non-hydrogen) atoms. The number of carbonyl (C=O) groups is 2. The maximum atomic E-state index is 11.8. The molecule has 8 heteroatoms. The van der Waals surface area contributed by atoms with E-state index in [0.717, 1.165) is 26.8 Å². The van der Waals surface area contributed by atoms with Crippen molar-refractivity contribution >= 4 is 44.5 Å². The average molecular weight is 499 g/mol. The number of ether oxygens (including phenoxy) is 2. The molecule has 2 heterocycles. The Morgan fingerprint density at radius 1 is 1.23 bits per heavy atom. The number of aldehydes is 1. The van der Waals surface area contributed by atoms with E-state index in [4.69, 9.17) is 9.47 Å². The first-order valence-corrected chi connectivity index (χ1v) is 11.3. The van der Waals surface area contributed by atoms with Crippen LogP contribution < -0.4 is 4.74 Å². The van der Waals surface area contributed by atoms with Crippen LogP contribution in [0.5, 0.6) is 5.75 Å². The summed E-state index contributed by atoms with van der Waals surface area (Å²) < 4.78 is 13.4. The van der Waals surface area contributed by atoms with Crippen molar-refractivity contribution in [2.24, 2.45) is 0 Å². The van der Waals surface area contributed by atoms with Crippen LogP contribution >= 0.6 is 27.3 Å². The molecule has 0 saturated carbocycles. The number of nitrogens with zero attached hydrogens (tertiary/aromatic N) is 2. The maximum Gasteiger partial charge on any atom is 0.311 e. The molecule has 4 aromatic rings. The van der Waals surface area contributed by atoms with Gasteiger partial charge in [-0.15, -0.1) is 11.3 Å². The number of hydrogen-bond acceptors (Lipinski definition) is 6. The summed E-state index contributed by atoms with van der Waals surface area (Å²) in [6, 6.07) is 15.5.